The van der Waals surface area contributed by atoms with Crippen molar-refractivity contribution in [3.63, 3.8) is 0 Å². The van der Waals surface area contributed by atoms with Crippen molar-refractivity contribution in [2.24, 2.45) is 0 Å². The molecule has 0 unspecified atom stereocenters. The minimum absolute atomic E-state index is 0.604. The van der Waals surface area contributed by atoms with Gasteiger partial charge in [0.1, 0.15) is 5.82 Å². The Kier molecular flexibility index (Phi) is 4.61. The highest BCUT2D eigenvalue weighted by atomic mass is 35.5. The van der Waals surface area contributed by atoms with Gasteiger partial charge in [0.05, 0.1) is 11.0 Å². The quantitative estimate of drug-likeness (QED) is 0.593. The van der Waals surface area contributed by atoms with Gasteiger partial charge in [-0.2, -0.15) is 0 Å². The highest BCUT2D eigenvalue weighted by Gasteiger charge is 2.11. The minimum atomic E-state index is 0.604. The van der Waals surface area contributed by atoms with Crippen molar-refractivity contribution in [3.05, 3.63) is 29.6 Å². The van der Waals surface area contributed by atoms with Crippen molar-refractivity contribution < 1.29 is 4.74 Å². The van der Waals surface area contributed by atoms with E-state index in [9.17, 15) is 0 Å². The smallest absolute Gasteiger partial charge is 0.111 e. The monoisotopic (exact) mass is 266 g/mol. The molecule has 0 spiro atoms. The number of methoxy groups -OCH3 is 1. The molecule has 0 amide bonds. The Morgan fingerprint density at radius 2 is 2.22 bits per heavy atom. The minimum Gasteiger partial charge on any atom is -0.385 e. The molecule has 0 N–H and O–H groups in total. The number of rotatable bonds is 6. The summed E-state index contributed by atoms with van der Waals surface area (Å²) in [5.41, 5.74) is 3.56. The van der Waals surface area contributed by atoms with Crippen LogP contribution in [-0.2, 0) is 17.7 Å². The zero-order valence-electron chi connectivity index (χ0n) is 10.9. The lowest BCUT2D eigenvalue weighted by Crippen LogP contribution is -2.07. The molecule has 0 aliphatic heterocycles. The van der Waals surface area contributed by atoms with Gasteiger partial charge in [0.15, 0.2) is 0 Å². The highest BCUT2D eigenvalue weighted by molar-refractivity contribution is 6.17. The normalized spacial score (nSPS) is 11.3. The lowest BCUT2D eigenvalue weighted by molar-refractivity contribution is 0.190. The summed E-state index contributed by atoms with van der Waals surface area (Å²) >= 11 is 5.86. The number of nitrogens with zero attached hydrogens (tertiary/aromatic N) is 2. The molecular weight excluding hydrogens is 248 g/mol. The van der Waals surface area contributed by atoms with E-state index in [0.717, 1.165) is 37.3 Å². The Hall–Kier alpha value is -1.06. The van der Waals surface area contributed by atoms with Gasteiger partial charge in [0, 0.05) is 32.6 Å². The molecule has 0 aliphatic rings. The maximum Gasteiger partial charge on any atom is 0.111 e. The van der Waals surface area contributed by atoms with Crippen molar-refractivity contribution in [1.82, 2.24) is 9.55 Å². The summed E-state index contributed by atoms with van der Waals surface area (Å²) in [4.78, 5) is 4.68. The second-order valence-electron chi connectivity index (χ2n) is 4.41. The summed E-state index contributed by atoms with van der Waals surface area (Å²) in [7, 11) is 1.73. The van der Waals surface area contributed by atoms with Gasteiger partial charge in [0.25, 0.3) is 0 Å². The molecule has 98 valence electrons. The number of benzene rings is 1. The fraction of sp³-hybridized carbons (Fsp3) is 0.500. The third kappa shape index (κ3) is 2.68. The number of para-hydroxylation sites is 1. The molecule has 2 aromatic rings. The number of aryl methyl sites for hydroxylation is 3. The molecule has 1 aromatic carbocycles. The van der Waals surface area contributed by atoms with Crippen LogP contribution in [0.4, 0.5) is 0 Å². The molecular formula is C14H19ClN2O. The molecule has 3 nitrogen and oxygen atoms in total. The fourth-order valence-corrected chi connectivity index (χ4v) is 2.47. The first-order valence-corrected chi connectivity index (χ1v) is 6.81. The van der Waals surface area contributed by atoms with E-state index in [0.29, 0.717) is 5.88 Å². The van der Waals surface area contributed by atoms with Gasteiger partial charge in [-0.3, -0.25) is 0 Å². The fourth-order valence-electron chi connectivity index (χ4n) is 2.30. The summed E-state index contributed by atoms with van der Waals surface area (Å²) in [6.45, 7) is 3.83. The molecule has 0 saturated carbocycles. The Labute approximate surface area is 113 Å². The number of hydrogen-bond acceptors (Lipinski definition) is 2. The summed E-state index contributed by atoms with van der Waals surface area (Å²) in [5.74, 6) is 1.68. The zero-order chi connectivity index (χ0) is 13.0. The number of aromatic nitrogens is 2. The first-order valence-electron chi connectivity index (χ1n) is 6.27. The number of alkyl halides is 1. The van der Waals surface area contributed by atoms with Gasteiger partial charge in [-0.1, -0.05) is 12.1 Å². The van der Waals surface area contributed by atoms with E-state index < -0.39 is 0 Å². The first kappa shape index (κ1) is 13.4. The topological polar surface area (TPSA) is 27.1 Å². The van der Waals surface area contributed by atoms with Crippen LogP contribution in [0, 0.1) is 6.92 Å². The molecule has 0 bridgehead atoms. The Morgan fingerprint density at radius 1 is 1.39 bits per heavy atom. The van der Waals surface area contributed by atoms with Gasteiger partial charge in [-0.25, -0.2) is 4.98 Å². The lowest BCUT2D eigenvalue weighted by Gasteiger charge is -2.09. The second-order valence-corrected chi connectivity index (χ2v) is 4.79. The van der Waals surface area contributed by atoms with E-state index in [1.807, 2.05) is 0 Å². The SMILES string of the molecule is COCCCn1c(CCCl)nc2cccc(C)c21. The van der Waals surface area contributed by atoms with Crippen LogP contribution in [0.5, 0.6) is 0 Å². The van der Waals surface area contributed by atoms with E-state index >= 15 is 0 Å². The Balaban J connectivity index is 2.40. The first-order chi connectivity index (χ1) is 8.77. The largest absolute Gasteiger partial charge is 0.385 e. The van der Waals surface area contributed by atoms with Crippen LogP contribution >= 0.6 is 11.6 Å². The number of hydrogen-bond donors (Lipinski definition) is 0. The van der Waals surface area contributed by atoms with Crippen molar-refractivity contribution in [2.45, 2.75) is 26.3 Å². The standard InChI is InChI=1S/C14H19ClN2O/c1-11-5-3-6-12-14(11)17(9-4-10-18-2)13(16-12)7-8-15/h3,5-6H,4,7-10H2,1-2H3. The van der Waals surface area contributed by atoms with Crippen LogP contribution in [0.3, 0.4) is 0 Å². The van der Waals surface area contributed by atoms with Crippen LogP contribution in [-0.4, -0.2) is 29.1 Å². The van der Waals surface area contributed by atoms with Gasteiger partial charge in [-0.15, -0.1) is 11.6 Å². The average molecular weight is 267 g/mol. The summed E-state index contributed by atoms with van der Waals surface area (Å²) in [6.07, 6.45) is 1.80. The van der Waals surface area contributed by atoms with Crippen LogP contribution < -0.4 is 0 Å². The average Bonchev–Trinajstić information content (AvgIpc) is 2.70. The molecule has 0 atom stereocenters. The molecule has 0 radical (unpaired) electrons. The molecule has 1 heterocycles. The number of imidazole rings is 1. The molecule has 4 heteroatoms. The Bertz CT molecular complexity index is 522. The predicted molar refractivity (Wildman–Crippen MR) is 75.4 cm³/mol. The molecule has 1 aromatic heterocycles. The van der Waals surface area contributed by atoms with Crippen LogP contribution in [0.2, 0.25) is 0 Å². The number of ether oxygens (including phenoxy) is 1. The Morgan fingerprint density at radius 3 is 2.94 bits per heavy atom. The second kappa shape index (κ2) is 6.21. The van der Waals surface area contributed by atoms with Crippen LogP contribution in [0.1, 0.15) is 17.8 Å². The zero-order valence-corrected chi connectivity index (χ0v) is 11.7. The molecule has 2 rings (SSSR count). The molecule has 0 saturated heterocycles. The van der Waals surface area contributed by atoms with Gasteiger partial charge >= 0.3 is 0 Å². The van der Waals surface area contributed by atoms with Crippen molar-refractivity contribution in [2.75, 3.05) is 19.6 Å². The van der Waals surface area contributed by atoms with Gasteiger partial charge in [-0.05, 0) is 25.0 Å². The number of fused-ring (bicyclic) bond motifs is 1. The maximum absolute atomic E-state index is 5.86. The maximum atomic E-state index is 5.86. The van der Waals surface area contributed by atoms with Gasteiger partial charge < -0.3 is 9.30 Å². The summed E-state index contributed by atoms with van der Waals surface area (Å²) < 4.78 is 7.41. The van der Waals surface area contributed by atoms with E-state index in [-0.39, 0.29) is 0 Å². The lowest BCUT2D eigenvalue weighted by atomic mass is 10.2. The predicted octanol–water partition coefficient (Wildman–Crippen LogP) is 3.16. The number of halogens is 1. The van der Waals surface area contributed by atoms with Crippen molar-refractivity contribution >= 4 is 22.6 Å². The third-order valence-electron chi connectivity index (χ3n) is 3.10. The van der Waals surface area contributed by atoms with Crippen molar-refractivity contribution in [3.8, 4) is 0 Å². The van der Waals surface area contributed by atoms with E-state index in [2.05, 4.69) is 34.7 Å². The molecule has 0 aliphatic carbocycles. The molecule has 18 heavy (non-hydrogen) atoms. The van der Waals surface area contributed by atoms with E-state index in [4.69, 9.17) is 16.3 Å². The van der Waals surface area contributed by atoms with Crippen molar-refractivity contribution in [1.29, 1.82) is 0 Å². The third-order valence-corrected chi connectivity index (χ3v) is 3.28. The van der Waals surface area contributed by atoms with E-state index in [1.54, 1.807) is 7.11 Å². The highest BCUT2D eigenvalue weighted by Crippen LogP contribution is 2.21. The van der Waals surface area contributed by atoms with Crippen LogP contribution in [0.25, 0.3) is 11.0 Å². The van der Waals surface area contributed by atoms with Crippen LogP contribution in [0.15, 0.2) is 18.2 Å². The molecule has 0 fully saturated rings. The summed E-state index contributed by atoms with van der Waals surface area (Å²) in [6, 6.07) is 6.24. The van der Waals surface area contributed by atoms with Gasteiger partial charge in [0.2, 0.25) is 0 Å². The van der Waals surface area contributed by atoms with E-state index in [1.165, 1.54) is 11.1 Å². The summed E-state index contributed by atoms with van der Waals surface area (Å²) in [5, 5.41) is 0.